The van der Waals surface area contributed by atoms with E-state index in [2.05, 4.69) is 32.4 Å². The molecule has 3 aliphatic rings. The van der Waals surface area contributed by atoms with Gasteiger partial charge in [0.2, 0.25) is 6.29 Å². The van der Waals surface area contributed by atoms with Crippen LogP contribution in [0.25, 0.3) is 0 Å². The molecule has 1 fully saturated rings. The molecule has 0 amide bonds. The number of hydrogen-bond donors (Lipinski definition) is 2. The maximum absolute atomic E-state index is 11.2. The Labute approximate surface area is 175 Å². The van der Waals surface area contributed by atoms with Gasteiger partial charge >= 0.3 is 5.97 Å². The van der Waals surface area contributed by atoms with E-state index >= 15 is 0 Å². The molecule has 2 N–H and O–H groups in total. The molecule has 0 aromatic heterocycles. The summed E-state index contributed by atoms with van der Waals surface area (Å²) in [5, 5.41) is 19.5. The lowest BCUT2D eigenvalue weighted by Gasteiger charge is -2.55. The molecule has 0 aromatic carbocycles. The Morgan fingerprint density at radius 1 is 1.31 bits per heavy atom. The first kappa shape index (κ1) is 22.0. The predicted molar refractivity (Wildman–Crippen MR) is 115 cm³/mol. The number of ether oxygens (including phenoxy) is 1. The largest absolute Gasteiger partial charge is 0.428 e. The van der Waals surface area contributed by atoms with Crippen LogP contribution < -0.4 is 0 Å². The number of fused-ring (bicyclic) bond motifs is 1. The lowest BCUT2D eigenvalue weighted by Crippen LogP contribution is -2.45. The van der Waals surface area contributed by atoms with Crippen LogP contribution in [0.5, 0.6) is 0 Å². The Balaban J connectivity index is 1.71. The molecule has 3 atom stereocenters. The van der Waals surface area contributed by atoms with E-state index in [1.54, 1.807) is 23.3 Å². The van der Waals surface area contributed by atoms with Gasteiger partial charge in [0.05, 0.1) is 6.61 Å². The van der Waals surface area contributed by atoms with Crippen molar-refractivity contribution < 1.29 is 19.7 Å². The molecule has 160 valence electrons. The van der Waals surface area contributed by atoms with Crippen LogP contribution in [0.4, 0.5) is 0 Å². The normalized spacial score (nSPS) is 32.4. The van der Waals surface area contributed by atoms with Crippen molar-refractivity contribution in [3.05, 3.63) is 46.6 Å². The monoisotopic (exact) mass is 400 g/mol. The van der Waals surface area contributed by atoms with Gasteiger partial charge in [-0.25, -0.2) is 4.79 Å². The zero-order chi connectivity index (χ0) is 21.2. The number of aliphatic hydroxyl groups excluding tert-OH is 2. The first-order valence-corrected chi connectivity index (χ1v) is 10.9. The van der Waals surface area contributed by atoms with Crippen LogP contribution >= 0.6 is 0 Å². The van der Waals surface area contributed by atoms with Crippen molar-refractivity contribution in [3.8, 4) is 0 Å². The van der Waals surface area contributed by atoms with E-state index < -0.39 is 12.3 Å². The number of hydrogen-bond acceptors (Lipinski definition) is 4. The van der Waals surface area contributed by atoms with Crippen molar-refractivity contribution in [3.63, 3.8) is 0 Å². The smallest absolute Gasteiger partial charge is 0.333 e. The second-order valence-electron chi connectivity index (χ2n) is 9.89. The van der Waals surface area contributed by atoms with Crippen molar-refractivity contribution in [1.82, 2.24) is 0 Å². The van der Waals surface area contributed by atoms with Gasteiger partial charge in [-0.1, -0.05) is 56.6 Å². The zero-order valence-electron chi connectivity index (χ0n) is 18.3. The molecule has 4 heteroatoms. The van der Waals surface area contributed by atoms with Gasteiger partial charge in [0.15, 0.2) is 0 Å². The van der Waals surface area contributed by atoms with E-state index in [9.17, 15) is 15.0 Å². The molecule has 0 radical (unpaired) electrons. The highest BCUT2D eigenvalue weighted by atomic mass is 16.6. The van der Waals surface area contributed by atoms with Crippen LogP contribution in [0.1, 0.15) is 72.6 Å². The fraction of sp³-hybridized carbons (Fsp3) is 0.640. The lowest BCUT2D eigenvalue weighted by atomic mass is 9.50. The molecule has 1 heterocycles. The van der Waals surface area contributed by atoms with Crippen LogP contribution in [0, 0.1) is 16.7 Å². The number of cyclic esters (lactones) is 1. The molecule has 0 spiro atoms. The Kier molecular flexibility index (Phi) is 6.54. The van der Waals surface area contributed by atoms with Gasteiger partial charge in [0.1, 0.15) is 0 Å². The maximum Gasteiger partial charge on any atom is 0.333 e. The lowest BCUT2D eigenvalue weighted by molar-refractivity contribution is -0.150. The van der Waals surface area contributed by atoms with Crippen LogP contribution in [0.15, 0.2) is 46.6 Å². The minimum absolute atomic E-state index is 0.0132. The first-order chi connectivity index (χ1) is 13.7. The number of esters is 1. The zero-order valence-corrected chi connectivity index (χ0v) is 18.3. The SMILES string of the molecule is CC1=C(CC/C(=C\C=C/C2=CC(=O)OC2O)CO)[C@@]2(C)CCCC(C)(C)[C@@H]2CC1. The molecular weight excluding hydrogens is 364 g/mol. The van der Waals surface area contributed by atoms with Crippen molar-refractivity contribution >= 4 is 5.97 Å². The number of allylic oxidation sites excluding steroid dienone is 4. The molecule has 3 rings (SSSR count). The predicted octanol–water partition coefficient (Wildman–Crippen LogP) is 4.99. The molecule has 1 unspecified atom stereocenters. The summed E-state index contributed by atoms with van der Waals surface area (Å²) in [7, 11) is 0. The van der Waals surface area contributed by atoms with E-state index in [4.69, 9.17) is 0 Å². The molecule has 1 saturated carbocycles. The number of aliphatic hydroxyl groups is 2. The molecule has 0 bridgehead atoms. The second-order valence-corrected chi connectivity index (χ2v) is 9.89. The summed E-state index contributed by atoms with van der Waals surface area (Å²) in [5.41, 5.74) is 5.22. The van der Waals surface area contributed by atoms with E-state index in [-0.39, 0.29) is 12.0 Å². The third-order valence-corrected chi connectivity index (χ3v) is 7.56. The third kappa shape index (κ3) is 4.59. The number of rotatable bonds is 6. The third-order valence-electron chi connectivity index (χ3n) is 7.56. The summed E-state index contributed by atoms with van der Waals surface area (Å²) in [6.45, 7) is 9.67. The van der Waals surface area contributed by atoms with Gasteiger partial charge in [0, 0.05) is 11.6 Å². The fourth-order valence-corrected chi connectivity index (χ4v) is 6.04. The van der Waals surface area contributed by atoms with Gasteiger partial charge in [0.25, 0.3) is 0 Å². The summed E-state index contributed by atoms with van der Waals surface area (Å²) in [5.74, 6) is 0.207. The summed E-state index contributed by atoms with van der Waals surface area (Å²) in [6.07, 6.45) is 13.6. The van der Waals surface area contributed by atoms with Gasteiger partial charge in [-0.3, -0.25) is 0 Å². The van der Waals surface area contributed by atoms with Gasteiger partial charge < -0.3 is 14.9 Å². The average Bonchev–Trinajstić information content (AvgIpc) is 2.96. The van der Waals surface area contributed by atoms with E-state index in [1.807, 2.05) is 6.08 Å². The summed E-state index contributed by atoms with van der Waals surface area (Å²) in [4.78, 5) is 11.2. The maximum atomic E-state index is 11.2. The highest BCUT2D eigenvalue weighted by Crippen LogP contribution is 2.60. The Bertz CT molecular complexity index is 768. The quantitative estimate of drug-likeness (QED) is 0.375. The average molecular weight is 401 g/mol. The van der Waals surface area contributed by atoms with Crippen molar-refractivity contribution in [2.45, 2.75) is 78.9 Å². The van der Waals surface area contributed by atoms with Gasteiger partial charge in [-0.2, -0.15) is 0 Å². The van der Waals surface area contributed by atoms with E-state index in [0.29, 0.717) is 11.0 Å². The molecule has 29 heavy (non-hydrogen) atoms. The van der Waals surface area contributed by atoms with Gasteiger partial charge in [-0.15, -0.1) is 0 Å². The van der Waals surface area contributed by atoms with E-state index in [1.165, 1.54) is 38.2 Å². The number of carbonyl (C=O) groups excluding carboxylic acids is 1. The molecule has 0 saturated heterocycles. The molecule has 2 aliphatic carbocycles. The van der Waals surface area contributed by atoms with Crippen molar-refractivity contribution in [2.75, 3.05) is 6.61 Å². The Hall–Kier alpha value is -1.65. The van der Waals surface area contributed by atoms with Crippen LogP contribution in [-0.4, -0.2) is 29.1 Å². The van der Waals surface area contributed by atoms with Crippen LogP contribution in [0.2, 0.25) is 0 Å². The first-order valence-electron chi connectivity index (χ1n) is 10.9. The topological polar surface area (TPSA) is 66.8 Å². The summed E-state index contributed by atoms with van der Waals surface area (Å²) in [6, 6.07) is 0. The minimum Gasteiger partial charge on any atom is -0.428 e. The van der Waals surface area contributed by atoms with Crippen LogP contribution in [0.3, 0.4) is 0 Å². The minimum atomic E-state index is -1.19. The molecule has 1 aliphatic heterocycles. The van der Waals surface area contributed by atoms with E-state index in [0.717, 1.165) is 24.3 Å². The summed E-state index contributed by atoms with van der Waals surface area (Å²) >= 11 is 0. The molecule has 0 aromatic rings. The number of carbonyl (C=O) groups is 1. The highest BCUT2D eigenvalue weighted by Gasteiger charge is 2.49. The van der Waals surface area contributed by atoms with Crippen LogP contribution in [-0.2, 0) is 9.53 Å². The molecular formula is C25H36O4. The Morgan fingerprint density at radius 3 is 2.72 bits per heavy atom. The van der Waals surface area contributed by atoms with Crippen molar-refractivity contribution in [2.24, 2.45) is 16.7 Å². The standard InChI is InChI=1S/C25H36O4/c1-17-9-12-21-24(2,3)13-6-14-25(21,4)20(17)11-10-18(16-26)7-5-8-19-15-22(27)29-23(19)28/h5,7-8,15,21,23,26,28H,6,9-14,16H2,1-4H3/b8-5-,18-7+/t21-,23?,25+/m0/s1. The Morgan fingerprint density at radius 2 is 2.07 bits per heavy atom. The molecule has 4 nitrogen and oxygen atoms in total. The summed E-state index contributed by atoms with van der Waals surface area (Å²) < 4.78 is 4.67. The second kappa shape index (κ2) is 8.61. The highest BCUT2D eigenvalue weighted by molar-refractivity contribution is 5.86. The fourth-order valence-electron chi connectivity index (χ4n) is 6.04. The van der Waals surface area contributed by atoms with Crippen molar-refractivity contribution in [1.29, 1.82) is 0 Å². The van der Waals surface area contributed by atoms with Gasteiger partial charge in [-0.05, 0) is 67.8 Å².